The van der Waals surface area contributed by atoms with E-state index in [4.69, 9.17) is 17.3 Å². The summed E-state index contributed by atoms with van der Waals surface area (Å²) in [6.45, 7) is 0. The number of hydrogen-bond acceptors (Lipinski definition) is 3. The van der Waals surface area contributed by atoms with E-state index < -0.39 is 0 Å². The van der Waals surface area contributed by atoms with Gasteiger partial charge in [0.25, 0.3) is 0 Å². The number of halogens is 1. The molecule has 0 atom stereocenters. The van der Waals surface area contributed by atoms with Crippen molar-refractivity contribution in [2.75, 3.05) is 11.1 Å². The van der Waals surface area contributed by atoms with Gasteiger partial charge in [-0.15, -0.1) is 0 Å². The van der Waals surface area contributed by atoms with Gasteiger partial charge < -0.3 is 11.1 Å². The van der Waals surface area contributed by atoms with Crippen LogP contribution in [0.15, 0.2) is 12.3 Å². The van der Waals surface area contributed by atoms with Crippen molar-refractivity contribution in [3.8, 4) is 0 Å². The SMILES string of the molecule is Nc1cnc(NC2CCCCCC2)c(Cl)c1. The smallest absolute Gasteiger partial charge is 0.145 e. The second-order valence-corrected chi connectivity index (χ2v) is 4.84. The number of nitrogens with one attached hydrogen (secondary N) is 1. The maximum absolute atomic E-state index is 6.08. The van der Waals surface area contributed by atoms with Gasteiger partial charge in [0.15, 0.2) is 0 Å². The van der Waals surface area contributed by atoms with Gasteiger partial charge in [-0.25, -0.2) is 4.98 Å². The second-order valence-electron chi connectivity index (χ2n) is 4.43. The summed E-state index contributed by atoms with van der Waals surface area (Å²) in [6, 6.07) is 2.25. The van der Waals surface area contributed by atoms with E-state index in [1.54, 1.807) is 12.3 Å². The summed E-state index contributed by atoms with van der Waals surface area (Å²) in [5.41, 5.74) is 6.22. The van der Waals surface area contributed by atoms with Crippen molar-refractivity contribution < 1.29 is 0 Å². The fourth-order valence-electron chi connectivity index (χ4n) is 2.18. The van der Waals surface area contributed by atoms with Crippen molar-refractivity contribution in [1.29, 1.82) is 0 Å². The lowest BCUT2D eigenvalue weighted by Gasteiger charge is -2.17. The third-order valence-electron chi connectivity index (χ3n) is 3.06. The third kappa shape index (κ3) is 3.01. The van der Waals surface area contributed by atoms with Crippen LogP contribution in [0.5, 0.6) is 0 Å². The van der Waals surface area contributed by atoms with E-state index in [-0.39, 0.29) is 0 Å². The fourth-order valence-corrected chi connectivity index (χ4v) is 2.41. The Bertz CT molecular complexity index is 346. The van der Waals surface area contributed by atoms with Crippen LogP contribution in [0.25, 0.3) is 0 Å². The number of nitrogens with two attached hydrogens (primary N) is 1. The minimum atomic E-state index is 0.510. The first-order valence-electron chi connectivity index (χ1n) is 5.93. The molecule has 0 unspecified atom stereocenters. The van der Waals surface area contributed by atoms with Gasteiger partial charge >= 0.3 is 0 Å². The number of nitrogens with zero attached hydrogens (tertiary/aromatic N) is 1. The molecule has 1 aromatic heterocycles. The van der Waals surface area contributed by atoms with Gasteiger partial charge in [-0.2, -0.15) is 0 Å². The first-order chi connectivity index (χ1) is 7.75. The Morgan fingerprint density at radius 3 is 2.56 bits per heavy atom. The van der Waals surface area contributed by atoms with Crippen LogP contribution in [-0.4, -0.2) is 11.0 Å². The number of hydrogen-bond donors (Lipinski definition) is 2. The van der Waals surface area contributed by atoms with Gasteiger partial charge in [0, 0.05) is 6.04 Å². The molecular weight excluding hydrogens is 222 g/mol. The molecule has 1 fully saturated rings. The molecule has 0 spiro atoms. The van der Waals surface area contributed by atoms with Crippen LogP contribution in [-0.2, 0) is 0 Å². The number of anilines is 2. The van der Waals surface area contributed by atoms with Crippen LogP contribution in [0.4, 0.5) is 11.5 Å². The van der Waals surface area contributed by atoms with Crippen LogP contribution in [0.2, 0.25) is 5.02 Å². The number of nitrogen functional groups attached to an aromatic ring is 1. The predicted octanol–water partition coefficient (Wildman–Crippen LogP) is 3.45. The Kier molecular flexibility index (Phi) is 3.88. The summed E-state index contributed by atoms with van der Waals surface area (Å²) < 4.78 is 0. The molecule has 0 radical (unpaired) electrons. The van der Waals surface area contributed by atoms with Crippen LogP contribution in [0, 0.1) is 0 Å². The summed E-state index contributed by atoms with van der Waals surface area (Å²) in [5, 5.41) is 4.03. The Balaban J connectivity index is 2.01. The molecule has 0 saturated heterocycles. The normalized spacial score (nSPS) is 18.1. The Morgan fingerprint density at radius 1 is 1.25 bits per heavy atom. The molecule has 88 valence electrons. The van der Waals surface area contributed by atoms with E-state index in [0.717, 1.165) is 5.82 Å². The second kappa shape index (κ2) is 5.39. The molecule has 16 heavy (non-hydrogen) atoms. The zero-order valence-electron chi connectivity index (χ0n) is 9.38. The van der Waals surface area contributed by atoms with Crippen LogP contribution >= 0.6 is 11.6 Å². The van der Waals surface area contributed by atoms with E-state index in [0.29, 0.717) is 16.8 Å². The first-order valence-corrected chi connectivity index (χ1v) is 6.31. The Morgan fingerprint density at radius 2 is 1.94 bits per heavy atom. The van der Waals surface area contributed by atoms with Gasteiger partial charge in [0.2, 0.25) is 0 Å². The highest BCUT2D eigenvalue weighted by Gasteiger charge is 2.13. The minimum absolute atomic E-state index is 0.510. The van der Waals surface area contributed by atoms with Crippen molar-refractivity contribution in [3.63, 3.8) is 0 Å². The van der Waals surface area contributed by atoms with Crippen molar-refractivity contribution >= 4 is 23.1 Å². The molecule has 4 heteroatoms. The molecule has 0 amide bonds. The molecule has 1 saturated carbocycles. The van der Waals surface area contributed by atoms with E-state index in [9.17, 15) is 0 Å². The van der Waals surface area contributed by atoms with E-state index in [1.807, 2.05) is 0 Å². The number of aromatic nitrogens is 1. The molecule has 2 rings (SSSR count). The topological polar surface area (TPSA) is 50.9 Å². The van der Waals surface area contributed by atoms with Crippen LogP contribution in [0.1, 0.15) is 38.5 Å². The lowest BCUT2D eigenvalue weighted by molar-refractivity contribution is 0.618. The third-order valence-corrected chi connectivity index (χ3v) is 3.35. The molecule has 1 aliphatic rings. The Hall–Kier alpha value is -0.960. The van der Waals surface area contributed by atoms with Gasteiger partial charge in [0.1, 0.15) is 5.82 Å². The summed E-state index contributed by atoms with van der Waals surface area (Å²) in [4.78, 5) is 4.23. The van der Waals surface area contributed by atoms with Crippen molar-refractivity contribution in [3.05, 3.63) is 17.3 Å². The molecule has 0 aromatic carbocycles. The zero-order chi connectivity index (χ0) is 11.4. The monoisotopic (exact) mass is 239 g/mol. The zero-order valence-corrected chi connectivity index (χ0v) is 10.1. The summed E-state index contributed by atoms with van der Waals surface area (Å²) in [5.74, 6) is 0.766. The molecule has 3 nitrogen and oxygen atoms in total. The van der Waals surface area contributed by atoms with Gasteiger partial charge in [-0.1, -0.05) is 37.3 Å². The van der Waals surface area contributed by atoms with E-state index >= 15 is 0 Å². The quantitative estimate of drug-likeness (QED) is 0.778. The lowest BCUT2D eigenvalue weighted by atomic mass is 10.1. The Labute approximate surface area is 101 Å². The summed E-state index contributed by atoms with van der Waals surface area (Å²) >= 11 is 6.08. The summed E-state index contributed by atoms with van der Waals surface area (Å²) in [6.07, 6.45) is 9.35. The first kappa shape index (κ1) is 11.5. The molecule has 0 aliphatic heterocycles. The highest BCUT2D eigenvalue weighted by molar-refractivity contribution is 6.33. The van der Waals surface area contributed by atoms with E-state index in [1.165, 1.54) is 38.5 Å². The summed E-state index contributed by atoms with van der Waals surface area (Å²) in [7, 11) is 0. The van der Waals surface area contributed by atoms with Gasteiger partial charge in [-0.05, 0) is 18.9 Å². The van der Waals surface area contributed by atoms with Crippen molar-refractivity contribution in [1.82, 2.24) is 4.98 Å². The average molecular weight is 240 g/mol. The van der Waals surface area contributed by atoms with Crippen LogP contribution in [0.3, 0.4) is 0 Å². The van der Waals surface area contributed by atoms with Gasteiger partial charge in [0.05, 0.1) is 16.9 Å². The van der Waals surface area contributed by atoms with Gasteiger partial charge in [-0.3, -0.25) is 0 Å². The largest absolute Gasteiger partial charge is 0.397 e. The standard InChI is InChI=1S/C12H18ClN3/c13-11-7-9(14)8-15-12(11)16-10-5-3-1-2-4-6-10/h7-8,10H,1-6,14H2,(H,15,16). The van der Waals surface area contributed by atoms with Crippen LogP contribution < -0.4 is 11.1 Å². The maximum Gasteiger partial charge on any atom is 0.145 e. The average Bonchev–Trinajstić information content (AvgIpc) is 2.51. The fraction of sp³-hybridized carbons (Fsp3) is 0.583. The molecule has 1 heterocycles. The molecule has 1 aliphatic carbocycles. The van der Waals surface area contributed by atoms with E-state index in [2.05, 4.69) is 10.3 Å². The van der Waals surface area contributed by atoms with Crippen molar-refractivity contribution in [2.45, 2.75) is 44.6 Å². The molecule has 1 aromatic rings. The molecular formula is C12H18ClN3. The number of rotatable bonds is 2. The maximum atomic E-state index is 6.08. The highest BCUT2D eigenvalue weighted by Crippen LogP contribution is 2.25. The molecule has 3 N–H and O–H groups in total. The molecule has 0 bridgehead atoms. The number of pyridine rings is 1. The highest BCUT2D eigenvalue weighted by atomic mass is 35.5. The lowest BCUT2D eigenvalue weighted by Crippen LogP contribution is -2.19. The minimum Gasteiger partial charge on any atom is -0.397 e. The van der Waals surface area contributed by atoms with Crippen molar-refractivity contribution in [2.24, 2.45) is 0 Å². The predicted molar refractivity (Wildman–Crippen MR) is 68.8 cm³/mol.